The molecule has 0 amide bonds. The summed E-state index contributed by atoms with van der Waals surface area (Å²) < 4.78 is 0. The second kappa shape index (κ2) is 6.79. The summed E-state index contributed by atoms with van der Waals surface area (Å²) >= 11 is 0. The normalized spacial score (nSPS) is 27.9. The maximum absolute atomic E-state index is 3.97. The molecule has 118 valence electrons. The zero-order chi connectivity index (χ0) is 14.6. The van der Waals surface area contributed by atoms with Gasteiger partial charge in [-0.25, -0.2) is 0 Å². The highest BCUT2D eigenvalue weighted by atomic mass is 15.3. The van der Waals surface area contributed by atoms with Gasteiger partial charge in [0.1, 0.15) is 0 Å². The number of hydrogen-bond acceptors (Lipinski definition) is 2. The van der Waals surface area contributed by atoms with Gasteiger partial charge in [-0.15, -0.1) is 0 Å². The van der Waals surface area contributed by atoms with Crippen LogP contribution in [0.3, 0.4) is 0 Å². The molecule has 1 unspecified atom stereocenters. The number of nitrogens with zero attached hydrogens (tertiary/aromatic N) is 1. The predicted octanol–water partition coefficient (Wildman–Crippen LogP) is 4.20. The Bertz CT molecular complexity index is 286. The molecule has 1 spiro atoms. The minimum absolute atomic E-state index is 0.384. The minimum Gasteiger partial charge on any atom is -0.308 e. The number of rotatable bonds is 4. The van der Waals surface area contributed by atoms with E-state index in [1.165, 1.54) is 71.0 Å². The lowest BCUT2D eigenvalue weighted by Crippen LogP contribution is -2.67. The molecule has 2 fully saturated rings. The lowest BCUT2D eigenvalue weighted by Gasteiger charge is -2.53. The Balaban J connectivity index is 2.01. The summed E-state index contributed by atoms with van der Waals surface area (Å²) in [5, 5.41) is 3.97. The summed E-state index contributed by atoms with van der Waals surface area (Å²) in [7, 11) is 0. The van der Waals surface area contributed by atoms with Crippen molar-refractivity contribution >= 4 is 0 Å². The van der Waals surface area contributed by atoms with E-state index in [4.69, 9.17) is 0 Å². The van der Waals surface area contributed by atoms with Gasteiger partial charge in [-0.3, -0.25) is 4.90 Å². The van der Waals surface area contributed by atoms with Crippen LogP contribution in [0.2, 0.25) is 0 Å². The third-order valence-corrected chi connectivity index (χ3v) is 5.48. The van der Waals surface area contributed by atoms with Crippen LogP contribution in [-0.2, 0) is 0 Å². The van der Waals surface area contributed by atoms with Crippen molar-refractivity contribution < 1.29 is 0 Å². The highest BCUT2D eigenvalue weighted by molar-refractivity contribution is 5.02. The van der Waals surface area contributed by atoms with Gasteiger partial charge in [0.25, 0.3) is 0 Å². The molecule has 1 saturated heterocycles. The monoisotopic (exact) mass is 280 g/mol. The highest BCUT2D eigenvalue weighted by Gasteiger charge is 2.42. The fraction of sp³-hybridized carbons (Fsp3) is 1.00. The van der Waals surface area contributed by atoms with E-state index in [9.17, 15) is 0 Å². The molecule has 1 heterocycles. The third-order valence-electron chi connectivity index (χ3n) is 5.48. The molecule has 2 rings (SSSR count). The molecule has 20 heavy (non-hydrogen) atoms. The Labute approximate surface area is 126 Å². The van der Waals surface area contributed by atoms with E-state index in [1.807, 2.05) is 0 Å². The zero-order valence-corrected chi connectivity index (χ0v) is 14.3. The number of hydrogen-bond donors (Lipinski definition) is 1. The van der Waals surface area contributed by atoms with Crippen molar-refractivity contribution in [1.29, 1.82) is 0 Å². The molecular formula is C18H36N2. The van der Waals surface area contributed by atoms with Gasteiger partial charge in [-0.2, -0.15) is 0 Å². The smallest absolute Gasteiger partial charge is 0.0309 e. The molecule has 0 radical (unpaired) electrons. The highest BCUT2D eigenvalue weighted by Crippen LogP contribution is 2.35. The van der Waals surface area contributed by atoms with Crippen molar-refractivity contribution in [2.24, 2.45) is 5.41 Å². The Morgan fingerprint density at radius 1 is 1.10 bits per heavy atom. The predicted molar refractivity (Wildman–Crippen MR) is 88.2 cm³/mol. The molecular weight excluding hydrogens is 244 g/mol. The van der Waals surface area contributed by atoms with Gasteiger partial charge in [0.2, 0.25) is 0 Å². The van der Waals surface area contributed by atoms with Crippen LogP contribution in [0.15, 0.2) is 0 Å². The van der Waals surface area contributed by atoms with Gasteiger partial charge in [0.05, 0.1) is 0 Å². The quantitative estimate of drug-likeness (QED) is 0.776. The lowest BCUT2D eigenvalue weighted by atomic mass is 9.76. The minimum atomic E-state index is 0.384. The van der Waals surface area contributed by atoms with E-state index in [2.05, 4.69) is 37.9 Å². The summed E-state index contributed by atoms with van der Waals surface area (Å²) in [5.41, 5.74) is 0.835. The fourth-order valence-electron chi connectivity index (χ4n) is 4.21. The molecule has 0 bridgehead atoms. The number of unbranched alkanes of at least 4 members (excludes halogenated alkanes) is 2. The topological polar surface area (TPSA) is 15.3 Å². The molecule has 1 aliphatic carbocycles. The van der Waals surface area contributed by atoms with Crippen LogP contribution in [0.1, 0.15) is 79.1 Å². The van der Waals surface area contributed by atoms with Crippen LogP contribution >= 0.6 is 0 Å². The van der Waals surface area contributed by atoms with E-state index in [0.29, 0.717) is 17.0 Å². The van der Waals surface area contributed by atoms with E-state index in [0.717, 1.165) is 0 Å². The molecule has 1 saturated carbocycles. The summed E-state index contributed by atoms with van der Waals surface area (Å²) in [6, 6.07) is 0.701. The van der Waals surface area contributed by atoms with Gasteiger partial charge >= 0.3 is 0 Å². The van der Waals surface area contributed by atoms with Crippen LogP contribution in [0.4, 0.5) is 0 Å². The van der Waals surface area contributed by atoms with Crippen molar-refractivity contribution in [3.63, 3.8) is 0 Å². The second-order valence-electron chi connectivity index (χ2n) is 8.28. The molecule has 1 atom stereocenters. The van der Waals surface area contributed by atoms with Crippen LogP contribution in [0, 0.1) is 5.41 Å². The lowest BCUT2D eigenvalue weighted by molar-refractivity contribution is 0.00759. The van der Waals surface area contributed by atoms with Crippen molar-refractivity contribution in [1.82, 2.24) is 10.2 Å². The van der Waals surface area contributed by atoms with Gasteiger partial charge in [0.15, 0.2) is 0 Å². The van der Waals surface area contributed by atoms with Gasteiger partial charge in [-0.1, -0.05) is 59.8 Å². The summed E-state index contributed by atoms with van der Waals surface area (Å²) in [6.07, 6.45) is 11.2. The van der Waals surface area contributed by atoms with Crippen molar-refractivity contribution in [3.8, 4) is 0 Å². The van der Waals surface area contributed by atoms with Crippen LogP contribution in [0.5, 0.6) is 0 Å². The first-order valence-electron chi connectivity index (χ1n) is 8.96. The Kier molecular flexibility index (Phi) is 5.53. The first-order chi connectivity index (χ1) is 9.47. The van der Waals surface area contributed by atoms with E-state index >= 15 is 0 Å². The van der Waals surface area contributed by atoms with E-state index in [-0.39, 0.29) is 0 Å². The molecule has 0 aromatic rings. The number of nitrogens with one attached hydrogen (secondary N) is 1. The maximum atomic E-state index is 3.97. The number of piperazine rings is 1. The molecule has 1 N–H and O–H groups in total. The van der Waals surface area contributed by atoms with Crippen LogP contribution in [-0.4, -0.2) is 36.1 Å². The van der Waals surface area contributed by atoms with Crippen molar-refractivity contribution in [3.05, 3.63) is 0 Å². The van der Waals surface area contributed by atoms with E-state index in [1.54, 1.807) is 0 Å². The molecule has 0 aromatic heterocycles. The van der Waals surface area contributed by atoms with Crippen molar-refractivity contribution in [2.45, 2.75) is 90.6 Å². The average molecular weight is 280 g/mol. The first kappa shape index (κ1) is 16.3. The average Bonchev–Trinajstić information content (AvgIpc) is 2.38. The molecule has 2 heteroatoms. The summed E-state index contributed by atoms with van der Waals surface area (Å²) in [6.45, 7) is 13.3. The second-order valence-corrected chi connectivity index (χ2v) is 8.28. The third kappa shape index (κ3) is 3.98. The summed E-state index contributed by atoms with van der Waals surface area (Å²) in [4.78, 5) is 2.83. The maximum Gasteiger partial charge on any atom is 0.0309 e. The molecule has 1 aliphatic heterocycles. The molecule has 0 aromatic carbocycles. The van der Waals surface area contributed by atoms with Gasteiger partial charge in [-0.05, 0) is 31.2 Å². The SMILES string of the molecule is CCCCCN1CC2(CCCCC2)NCC1C(C)(C)C. The van der Waals surface area contributed by atoms with Crippen molar-refractivity contribution in [2.75, 3.05) is 19.6 Å². The Hall–Kier alpha value is -0.0800. The zero-order valence-electron chi connectivity index (χ0n) is 14.3. The van der Waals surface area contributed by atoms with Gasteiger partial charge < -0.3 is 5.32 Å². The summed E-state index contributed by atoms with van der Waals surface area (Å²) in [5.74, 6) is 0. The first-order valence-corrected chi connectivity index (χ1v) is 8.96. The van der Waals surface area contributed by atoms with E-state index < -0.39 is 0 Å². The van der Waals surface area contributed by atoms with Crippen LogP contribution < -0.4 is 5.32 Å². The van der Waals surface area contributed by atoms with Gasteiger partial charge in [0, 0.05) is 24.7 Å². The Morgan fingerprint density at radius 3 is 2.40 bits per heavy atom. The molecule has 2 aliphatic rings. The van der Waals surface area contributed by atoms with Crippen LogP contribution in [0.25, 0.3) is 0 Å². The molecule has 2 nitrogen and oxygen atoms in total. The fourth-order valence-corrected chi connectivity index (χ4v) is 4.21. The Morgan fingerprint density at radius 2 is 1.80 bits per heavy atom. The standard InChI is InChI=1S/C18H36N2/c1-5-6-10-13-20-15-18(11-8-7-9-12-18)19-14-16(20)17(2,3)4/h16,19H,5-15H2,1-4H3. The largest absolute Gasteiger partial charge is 0.308 e.